The van der Waals surface area contributed by atoms with Gasteiger partial charge in [-0.2, -0.15) is 10.5 Å². The van der Waals surface area contributed by atoms with Gasteiger partial charge in [-0.3, -0.25) is 9.69 Å². The van der Waals surface area contributed by atoms with Crippen LogP contribution in [0.5, 0.6) is 0 Å². The number of rotatable bonds is 5. The third-order valence-corrected chi connectivity index (χ3v) is 4.93. The van der Waals surface area contributed by atoms with Crippen molar-refractivity contribution in [3.05, 3.63) is 71.3 Å². The van der Waals surface area contributed by atoms with Crippen molar-refractivity contribution in [3.8, 4) is 12.1 Å². The van der Waals surface area contributed by atoms with Crippen molar-refractivity contribution in [1.29, 1.82) is 10.5 Å². The van der Waals surface area contributed by atoms with E-state index in [0.717, 1.165) is 12.1 Å². The average molecular weight is 358 g/mol. The molecule has 1 saturated heterocycles. The van der Waals surface area contributed by atoms with Gasteiger partial charge in [0, 0.05) is 32.6 Å². The summed E-state index contributed by atoms with van der Waals surface area (Å²) in [6.45, 7) is 2.54. The van der Waals surface area contributed by atoms with Crippen molar-refractivity contribution >= 4 is 5.91 Å². The van der Waals surface area contributed by atoms with E-state index in [1.165, 1.54) is 5.56 Å². The average Bonchev–Trinajstić information content (AvgIpc) is 2.73. The van der Waals surface area contributed by atoms with E-state index < -0.39 is 0 Å². The van der Waals surface area contributed by atoms with Crippen LogP contribution in [0.2, 0.25) is 0 Å². The minimum atomic E-state index is -0.280. The van der Waals surface area contributed by atoms with Crippen LogP contribution in [0, 0.1) is 22.7 Å². The van der Waals surface area contributed by atoms with Gasteiger partial charge in [-0.15, -0.1) is 0 Å². The summed E-state index contributed by atoms with van der Waals surface area (Å²) in [7, 11) is 0. The maximum atomic E-state index is 12.6. The van der Waals surface area contributed by atoms with Crippen molar-refractivity contribution < 1.29 is 4.79 Å². The van der Waals surface area contributed by atoms with E-state index in [2.05, 4.69) is 29.2 Å². The molecule has 1 atom stereocenters. The second-order valence-electron chi connectivity index (χ2n) is 6.75. The number of benzene rings is 2. The van der Waals surface area contributed by atoms with E-state index >= 15 is 0 Å². The SMILES string of the molecule is N#Cc1ccc(CCC(=O)N2CCN(Cc3ccccc3)C(C#N)C2)cc1. The topological polar surface area (TPSA) is 71.1 Å². The molecular weight excluding hydrogens is 336 g/mol. The fraction of sp³-hybridized carbons (Fsp3) is 0.318. The first kappa shape index (κ1) is 18.6. The number of amides is 1. The molecule has 0 aliphatic carbocycles. The monoisotopic (exact) mass is 358 g/mol. The minimum absolute atomic E-state index is 0.0824. The van der Waals surface area contributed by atoms with Crippen LogP contribution in [-0.2, 0) is 17.8 Å². The number of carbonyl (C=O) groups excluding carboxylic acids is 1. The van der Waals surface area contributed by atoms with Crippen LogP contribution < -0.4 is 0 Å². The third kappa shape index (κ3) is 4.94. The van der Waals surface area contributed by atoms with E-state index in [1.807, 2.05) is 30.3 Å². The second-order valence-corrected chi connectivity index (χ2v) is 6.75. The highest BCUT2D eigenvalue weighted by molar-refractivity contribution is 5.76. The minimum Gasteiger partial charge on any atom is -0.339 e. The molecule has 0 spiro atoms. The van der Waals surface area contributed by atoms with Gasteiger partial charge in [-0.25, -0.2) is 0 Å². The number of nitriles is 2. The van der Waals surface area contributed by atoms with Crippen molar-refractivity contribution in [2.45, 2.75) is 25.4 Å². The predicted octanol–water partition coefficient (Wildman–Crippen LogP) is 2.73. The number of nitrogens with zero attached hydrogens (tertiary/aromatic N) is 4. The van der Waals surface area contributed by atoms with Gasteiger partial charge in [0.1, 0.15) is 6.04 Å². The van der Waals surface area contributed by atoms with Crippen LogP contribution in [0.15, 0.2) is 54.6 Å². The molecule has 1 aliphatic heterocycles. The molecule has 0 saturated carbocycles. The van der Waals surface area contributed by atoms with Crippen molar-refractivity contribution in [2.24, 2.45) is 0 Å². The first-order chi connectivity index (χ1) is 13.2. The fourth-order valence-electron chi connectivity index (χ4n) is 3.33. The maximum absolute atomic E-state index is 12.6. The number of hydrogen-bond acceptors (Lipinski definition) is 4. The summed E-state index contributed by atoms with van der Waals surface area (Å²) >= 11 is 0. The highest BCUT2D eigenvalue weighted by Crippen LogP contribution is 2.15. The standard InChI is InChI=1S/C22H22N4O/c23-14-19-8-6-18(7-9-19)10-11-22(27)26-13-12-25(21(15-24)17-26)16-20-4-2-1-3-5-20/h1-9,21H,10-13,16-17H2. The van der Waals surface area contributed by atoms with E-state index in [1.54, 1.807) is 17.0 Å². The molecule has 0 radical (unpaired) electrons. The molecule has 1 heterocycles. The zero-order chi connectivity index (χ0) is 19.1. The Bertz CT molecular complexity index is 849. The third-order valence-electron chi connectivity index (χ3n) is 4.93. The van der Waals surface area contributed by atoms with Crippen LogP contribution in [0.25, 0.3) is 0 Å². The molecule has 0 bridgehead atoms. The van der Waals surface area contributed by atoms with Gasteiger partial charge < -0.3 is 4.90 Å². The maximum Gasteiger partial charge on any atom is 0.223 e. The van der Waals surface area contributed by atoms with Crippen molar-refractivity contribution in [2.75, 3.05) is 19.6 Å². The van der Waals surface area contributed by atoms with E-state index in [0.29, 0.717) is 38.0 Å². The largest absolute Gasteiger partial charge is 0.339 e. The number of hydrogen-bond donors (Lipinski definition) is 0. The fourth-order valence-corrected chi connectivity index (χ4v) is 3.33. The molecule has 5 nitrogen and oxygen atoms in total. The molecule has 0 aromatic heterocycles. The Labute approximate surface area is 160 Å². The van der Waals surface area contributed by atoms with Crippen molar-refractivity contribution in [1.82, 2.24) is 9.80 Å². The van der Waals surface area contributed by atoms with Gasteiger partial charge in [-0.05, 0) is 29.7 Å². The summed E-state index contributed by atoms with van der Waals surface area (Å²) in [5.41, 5.74) is 2.84. The zero-order valence-electron chi connectivity index (χ0n) is 15.2. The van der Waals surface area contributed by atoms with Gasteiger partial charge in [0.25, 0.3) is 0 Å². The Morgan fingerprint density at radius 3 is 2.41 bits per heavy atom. The summed E-state index contributed by atoms with van der Waals surface area (Å²) in [5, 5.41) is 18.4. The molecule has 5 heteroatoms. The van der Waals surface area contributed by atoms with Gasteiger partial charge in [0.15, 0.2) is 0 Å². The first-order valence-electron chi connectivity index (χ1n) is 9.14. The lowest BCUT2D eigenvalue weighted by molar-refractivity contribution is -0.133. The van der Waals surface area contributed by atoms with Crippen LogP contribution in [0.1, 0.15) is 23.1 Å². The van der Waals surface area contributed by atoms with Crippen LogP contribution >= 0.6 is 0 Å². The van der Waals surface area contributed by atoms with E-state index in [-0.39, 0.29) is 11.9 Å². The Balaban J connectivity index is 1.53. The lowest BCUT2D eigenvalue weighted by Gasteiger charge is -2.38. The smallest absolute Gasteiger partial charge is 0.223 e. The summed E-state index contributed by atoms with van der Waals surface area (Å²) in [5.74, 6) is 0.0824. The molecule has 3 rings (SSSR count). The Kier molecular flexibility index (Phi) is 6.20. The van der Waals surface area contributed by atoms with E-state index in [9.17, 15) is 10.1 Å². The molecule has 27 heavy (non-hydrogen) atoms. The molecule has 2 aromatic carbocycles. The summed E-state index contributed by atoms with van der Waals surface area (Å²) < 4.78 is 0. The second kappa shape index (κ2) is 8.98. The first-order valence-corrected chi connectivity index (χ1v) is 9.14. The molecule has 2 aromatic rings. The Hall–Kier alpha value is -3.15. The highest BCUT2D eigenvalue weighted by Gasteiger charge is 2.29. The van der Waals surface area contributed by atoms with Gasteiger partial charge in [-0.1, -0.05) is 42.5 Å². The highest BCUT2D eigenvalue weighted by atomic mass is 16.2. The molecule has 1 unspecified atom stereocenters. The summed E-state index contributed by atoms with van der Waals surface area (Å²) in [6.07, 6.45) is 1.06. The predicted molar refractivity (Wildman–Crippen MR) is 102 cm³/mol. The Morgan fingerprint density at radius 1 is 1.00 bits per heavy atom. The summed E-state index contributed by atoms with van der Waals surface area (Å²) in [4.78, 5) is 16.5. The normalized spacial score (nSPS) is 17.1. The lowest BCUT2D eigenvalue weighted by atomic mass is 10.1. The number of aryl methyl sites for hydroxylation is 1. The summed E-state index contributed by atoms with van der Waals surface area (Å²) in [6, 6.07) is 21.6. The molecule has 0 N–H and O–H groups in total. The van der Waals surface area contributed by atoms with Gasteiger partial charge >= 0.3 is 0 Å². The molecule has 136 valence electrons. The van der Waals surface area contributed by atoms with Gasteiger partial charge in [0.2, 0.25) is 5.91 Å². The molecule has 1 fully saturated rings. The molecule has 1 aliphatic rings. The van der Waals surface area contributed by atoms with Gasteiger partial charge in [0.05, 0.1) is 17.7 Å². The zero-order valence-corrected chi connectivity index (χ0v) is 15.2. The quantitative estimate of drug-likeness (QED) is 0.824. The lowest BCUT2D eigenvalue weighted by Crippen LogP contribution is -2.53. The van der Waals surface area contributed by atoms with E-state index in [4.69, 9.17) is 5.26 Å². The molecular formula is C22H22N4O. The van der Waals surface area contributed by atoms with Crippen LogP contribution in [0.4, 0.5) is 0 Å². The Morgan fingerprint density at radius 2 is 1.74 bits per heavy atom. The molecule has 1 amide bonds. The number of piperazine rings is 1. The van der Waals surface area contributed by atoms with Crippen molar-refractivity contribution in [3.63, 3.8) is 0 Å². The van der Waals surface area contributed by atoms with Crippen LogP contribution in [-0.4, -0.2) is 41.4 Å². The van der Waals surface area contributed by atoms with Crippen LogP contribution in [0.3, 0.4) is 0 Å². The number of carbonyl (C=O) groups is 1.